The lowest BCUT2D eigenvalue weighted by atomic mass is 9.80. The van der Waals surface area contributed by atoms with Crippen molar-refractivity contribution >= 4 is 11.9 Å². The molecule has 3 aliphatic rings. The largest absolute Gasteiger partial charge is 0.465 e. The Hall–Kier alpha value is -1.06. The average Bonchev–Trinajstić information content (AvgIpc) is 2.91. The molecule has 2 saturated carbocycles. The summed E-state index contributed by atoms with van der Waals surface area (Å²) in [4.78, 5) is 22.8. The summed E-state index contributed by atoms with van der Waals surface area (Å²) in [5, 5.41) is 0. The predicted molar refractivity (Wildman–Crippen MR) is 54.3 cm³/mol. The highest BCUT2D eigenvalue weighted by Gasteiger charge is 2.59. The minimum absolute atomic E-state index is 0.0298. The Balaban J connectivity index is 1.72. The SMILES string of the molecule is CCC(=O)OC1CC2CC1C1COC(=O)C21. The zero-order chi connectivity index (χ0) is 11.3. The van der Waals surface area contributed by atoms with Crippen LogP contribution in [-0.4, -0.2) is 24.6 Å². The van der Waals surface area contributed by atoms with Crippen LogP contribution in [0.2, 0.25) is 0 Å². The molecule has 1 heterocycles. The maximum Gasteiger partial charge on any atom is 0.309 e. The molecule has 5 atom stereocenters. The van der Waals surface area contributed by atoms with Crippen molar-refractivity contribution in [1.29, 1.82) is 0 Å². The smallest absolute Gasteiger partial charge is 0.309 e. The second-order valence-electron chi connectivity index (χ2n) is 5.10. The first-order valence-corrected chi connectivity index (χ1v) is 6.06. The van der Waals surface area contributed by atoms with Gasteiger partial charge in [0.1, 0.15) is 6.10 Å². The molecule has 3 fully saturated rings. The van der Waals surface area contributed by atoms with Gasteiger partial charge in [-0.3, -0.25) is 9.59 Å². The van der Waals surface area contributed by atoms with Crippen molar-refractivity contribution in [3.63, 3.8) is 0 Å². The van der Waals surface area contributed by atoms with Crippen molar-refractivity contribution in [2.45, 2.75) is 32.3 Å². The Labute approximate surface area is 94.3 Å². The fraction of sp³-hybridized carbons (Fsp3) is 0.833. The van der Waals surface area contributed by atoms with E-state index in [1.54, 1.807) is 6.92 Å². The molecule has 0 N–H and O–H groups in total. The topological polar surface area (TPSA) is 52.6 Å². The summed E-state index contributed by atoms with van der Waals surface area (Å²) in [6.07, 6.45) is 2.35. The average molecular weight is 224 g/mol. The third-order valence-corrected chi connectivity index (χ3v) is 4.37. The van der Waals surface area contributed by atoms with Crippen molar-refractivity contribution in [1.82, 2.24) is 0 Å². The van der Waals surface area contributed by atoms with E-state index in [0.29, 0.717) is 30.8 Å². The highest BCUT2D eigenvalue weighted by atomic mass is 16.6. The van der Waals surface area contributed by atoms with Crippen LogP contribution in [0.5, 0.6) is 0 Å². The molecule has 0 amide bonds. The Morgan fingerprint density at radius 1 is 1.44 bits per heavy atom. The van der Waals surface area contributed by atoms with Crippen molar-refractivity contribution in [2.75, 3.05) is 6.61 Å². The van der Waals surface area contributed by atoms with Gasteiger partial charge in [-0.25, -0.2) is 0 Å². The van der Waals surface area contributed by atoms with Crippen LogP contribution in [-0.2, 0) is 19.1 Å². The summed E-state index contributed by atoms with van der Waals surface area (Å²) in [6, 6.07) is 0. The van der Waals surface area contributed by atoms with Gasteiger partial charge < -0.3 is 9.47 Å². The molecule has 3 rings (SSSR count). The fourth-order valence-electron chi connectivity index (χ4n) is 3.69. The minimum atomic E-state index is -0.126. The molecular formula is C12H16O4. The third-order valence-electron chi connectivity index (χ3n) is 4.37. The van der Waals surface area contributed by atoms with E-state index in [9.17, 15) is 9.59 Å². The molecule has 4 nitrogen and oxygen atoms in total. The normalized spacial score (nSPS) is 44.3. The van der Waals surface area contributed by atoms with Crippen molar-refractivity contribution in [2.24, 2.45) is 23.7 Å². The van der Waals surface area contributed by atoms with Crippen LogP contribution in [0.3, 0.4) is 0 Å². The molecule has 0 aromatic carbocycles. The zero-order valence-electron chi connectivity index (χ0n) is 9.35. The van der Waals surface area contributed by atoms with Crippen LogP contribution < -0.4 is 0 Å². The number of carbonyl (C=O) groups is 2. The van der Waals surface area contributed by atoms with Gasteiger partial charge in [-0.2, -0.15) is 0 Å². The molecule has 1 saturated heterocycles. The molecule has 2 bridgehead atoms. The van der Waals surface area contributed by atoms with E-state index in [2.05, 4.69) is 0 Å². The number of carbonyl (C=O) groups excluding carboxylic acids is 2. The van der Waals surface area contributed by atoms with Crippen LogP contribution in [0.15, 0.2) is 0 Å². The monoisotopic (exact) mass is 224 g/mol. The summed E-state index contributed by atoms with van der Waals surface area (Å²) in [7, 11) is 0. The highest BCUT2D eigenvalue weighted by Crippen LogP contribution is 2.56. The van der Waals surface area contributed by atoms with Gasteiger partial charge in [0.05, 0.1) is 12.5 Å². The van der Waals surface area contributed by atoms with Gasteiger partial charge in [0, 0.05) is 18.3 Å². The number of rotatable bonds is 2. The fourth-order valence-corrected chi connectivity index (χ4v) is 3.69. The second-order valence-corrected chi connectivity index (χ2v) is 5.10. The first-order chi connectivity index (χ1) is 7.70. The molecule has 0 radical (unpaired) electrons. The first-order valence-electron chi connectivity index (χ1n) is 6.06. The molecule has 0 aromatic heterocycles. The number of hydrogen-bond acceptors (Lipinski definition) is 4. The highest BCUT2D eigenvalue weighted by molar-refractivity contribution is 5.76. The van der Waals surface area contributed by atoms with E-state index >= 15 is 0 Å². The molecule has 88 valence electrons. The van der Waals surface area contributed by atoms with Gasteiger partial charge in [-0.15, -0.1) is 0 Å². The Kier molecular flexibility index (Phi) is 2.19. The number of hydrogen-bond donors (Lipinski definition) is 0. The van der Waals surface area contributed by atoms with Gasteiger partial charge >= 0.3 is 11.9 Å². The van der Waals surface area contributed by atoms with Crippen molar-refractivity contribution in [3.05, 3.63) is 0 Å². The zero-order valence-corrected chi connectivity index (χ0v) is 9.35. The van der Waals surface area contributed by atoms with Gasteiger partial charge in [-0.05, 0) is 18.8 Å². The number of ether oxygens (including phenoxy) is 2. The minimum Gasteiger partial charge on any atom is -0.465 e. The van der Waals surface area contributed by atoms with E-state index in [1.807, 2.05) is 0 Å². The maximum atomic E-state index is 11.5. The molecule has 0 aromatic rings. The van der Waals surface area contributed by atoms with Crippen molar-refractivity contribution < 1.29 is 19.1 Å². The van der Waals surface area contributed by atoms with Crippen molar-refractivity contribution in [3.8, 4) is 0 Å². The van der Waals surface area contributed by atoms with Crippen LogP contribution in [0, 0.1) is 23.7 Å². The first kappa shape index (κ1) is 10.1. The van der Waals surface area contributed by atoms with Crippen LogP contribution >= 0.6 is 0 Å². The van der Waals surface area contributed by atoms with Gasteiger partial charge in [0.2, 0.25) is 0 Å². The van der Waals surface area contributed by atoms with E-state index < -0.39 is 0 Å². The van der Waals surface area contributed by atoms with E-state index in [1.165, 1.54) is 0 Å². The molecule has 1 aliphatic heterocycles. The summed E-state index contributed by atoms with van der Waals surface area (Å²) in [5.74, 6) is 0.996. The number of esters is 2. The van der Waals surface area contributed by atoms with Gasteiger partial charge in [0.25, 0.3) is 0 Å². The van der Waals surface area contributed by atoms with E-state index in [-0.39, 0.29) is 24.0 Å². The molecule has 0 spiro atoms. The summed E-state index contributed by atoms with van der Waals surface area (Å²) >= 11 is 0. The molecule has 4 heteroatoms. The summed E-state index contributed by atoms with van der Waals surface area (Å²) in [5.41, 5.74) is 0. The number of cyclic esters (lactones) is 1. The lowest BCUT2D eigenvalue weighted by Crippen LogP contribution is -2.34. The van der Waals surface area contributed by atoms with Crippen LogP contribution in [0.4, 0.5) is 0 Å². The summed E-state index contributed by atoms with van der Waals surface area (Å²) < 4.78 is 10.5. The number of fused-ring (bicyclic) bond motifs is 5. The Morgan fingerprint density at radius 2 is 2.25 bits per heavy atom. The molecule has 5 unspecified atom stereocenters. The molecule has 2 aliphatic carbocycles. The maximum absolute atomic E-state index is 11.5. The van der Waals surface area contributed by atoms with E-state index in [0.717, 1.165) is 12.8 Å². The quantitative estimate of drug-likeness (QED) is 0.660. The second kappa shape index (κ2) is 3.47. The lowest BCUT2D eigenvalue weighted by Gasteiger charge is -2.28. The van der Waals surface area contributed by atoms with Gasteiger partial charge in [-0.1, -0.05) is 6.92 Å². The Bertz CT molecular complexity index is 338. The molecule has 16 heavy (non-hydrogen) atoms. The lowest BCUT2D eigenvalue weighted by molar-refractivity contribution is -0.152. The Morgan fingerprint density at radius 3 is 3.00 bits per heavy atom. The third kappa shape index (κ3) is 1.28. The van der Waals surface area contributed by atoms with Crippen LogP contribution in [0.1, 0.15) is 26.2 Å². The van der Waals surface area contributed by atoms with Crippen LogP contribution in [0.25, 0.3) is 0 Å². The summed E-state index contributed by atoms with van der Waals surface area (Å²) in [6.45, 7) is 2.34. The van der Waals surface area contributed by atoms with E-state index in [4.69, 9.17) is 9.47 Å². The standard InChI is InChI=1S/C12H16O4/c1-2-10(13)16-9-4-6-3-7(9)8-5-15-12(14)11(6)8/h6-9,11H,2-5H2,1H3. The predicted octanol–water partition coefficient (Wildman–Crippen LogP) is 1.14. The van der Waals surface area contributed by atoms with Gasteiger partial charge in [0.15, 0.2) is 0 Å². The molecular weight excluding hydrogens is 208 g/mol.